The summed E-state index contributed by atoms with van der Waals surface area (Å²) in [5.74, 6) is 0.715. The molecular weight excluding hydrogens is 166 g/mol. The Kier molecular flexibility index (Phi) is 4.30. The first-order valence-corrected chi connectivity index (χ1v) is 5.50. The monoisotopic (exact) mass is 183 g/mol. The predicted octanol–water partition coefficient (Wildman–Crippen LogP) is 3.46. The Morgan fingerprint density at radius 1 is 1.58 bits per heavy atom. The van der Waals surface area contributed by atoms with Crippen molar-refractivity contribution in [2.24, 2.45) is 5.92 Å². The fraction of sp³-hybridized carbons (Fsp3) is 0.600. The minimum Gasteiger partial charge on any atom is -0.366 e. The van der Waals surface area contributed by atoms with Gasteiger partial charge in [0.1, 0.15) is 0 Å². The molecule has 0 bridgehead atoms. The molecule has 0 aromatic rings. The maximum absolute atomic E-state index is 3.13. The molecule has 0 aromatic carbocycles. The zero-order valence-corrected chi connectivity index (χ0v) is 8.66. The van der Waals surface area contributed by atoms with Crippen LogP contribution in [0.3, 0.4) is 0 Å². The van der Waals surface area contributed by atoms with E-state index in [9.17, 15) is 0 Å². The maximum atomic E-state index is 3.13. The molecule has 1 aliphatic heterocycles. The molecule has 12 heavy (non-hydrogen) atoms. The number of hydrogen-bond donors (Lipinski definition) is 1. The fourth-order valence-corrected chi connectivity index (χ4v) is 2.02. The first kappa shape index (κ1) is 9.72. The Balaban J connectivity index is 2.30. The van der Waals surface area contributed by atoms with Crippen molar-refractivity contribution in [1.82, 2.24) is 5.32 Å². The van der Waals surface area contributed by atoms with E-state index in [0.717, 1.165) is 0 Å². The third-order valence-corrected chi connectivity index (χ3v) is 3.13. The molecule has 1 atom stereocenters. The molecule has 1 N–H and O–H groups in total. The first-order chi connectivity index (χ1) is 5.84. The summed E-state index contributed by atoms with van der Waals surface area (Å²) in [6.45, 7) is 4.54. The van der Waals surface area contributed by atoms with Crippen LogP contribution in [0.25, 0.3) is 0 Å². The molecule has 1 aliphatic rings. The summed E-state index contributed by atoms with van der Waals surface area (Å²) in [7, 11) is 0. The predicted molar refractivity (Wildman–Crippen MR) is 56.6 cm³/mol. The molecule has 2 heteroatoms. The van der Waals surface area contributed by atoms with Gasteiger partial charge in [-0.15, -0.1) is 0 Å². The Labute approximate surface area is 79.3 Å². The van der Waals surface area contributed by atoms with Crippen LogP contribution in [-0.4, -0.2) is 0 Å². The van der Waals surface area contributed by atoms with Gasteiger partial charge in [-0.1, -0.05) is 38.5 Å². The topological polar surface area (TPSA) is 12.0 Å². The smallest absolute Gasteiger partial charge is 0.0107 e. The summed E-state index contributed by atoms with van der Waals surface area (Å²) in [5.41, 5.74) is 0. The quantitative estimate of drug-likeness (QED) is 0.716. The third kappa shape index (κ3) is 2.94. The van der Waals surface area contributed by atoms with Gasteiger partial charge >= 0.3 is 0 Å². The van der Waals surface area contributed by atoms with Crippen LogP contribution in [0.5, 0.6) is 0 Å². The van der Waals surface area contributed by atoms with Crippen molar-refractivity contribution in [2.75, 3.05) is 0 Å². The number of thioether (sulfide) groups is 1. The molecular formula is C10H17NS. The second-order valence-corrected chi connectivity index (χ2v) is 4.16. The van der Waals surface area contributed by atoms with Crippen molar-refractivity contribution < 1.29 is 0 Å². The Bertz CT molecular complexity index is 184. The van der Waals surface area contributed by atoms with E-state index in [-0.39, 0.29) is 0 Å². The van der Waals surface area contributed by atoms with E-state index in [1.807, 2.05) is 18.0 Å². The second-order valence-electron chi connectivity index (χ2n) is 3.18. The van der Waals surface area contributed by atoms with Gasteiger partial charge < -0.3 is 5.32 Å². The van der Waals surface area contributed by atoms with Gasteiger partial charge in [0.2, 0.25) is 0 Å². The van der Waals surface area contributed by atoms with Crippen LogP contribution in [0, 0.1) is 5.92 Å². The summed E-state index contributed by atoms with van der Waals surface area (Å²) in [6, 6.07) is 0. The van der Waals surface area contributed by atoms with Crippen LogP contribution in [0.1, 0.15) is 33.1 Å². The van der Waals surface area contributed by atoms with Gasteiger partial charge in [0.05, 0.1) is 0 Å². The number of nitrogens with one attached hydrogen (secondary N) is 1. The van der Waals surface area contributed by atoms with E-state index in [1.165, 1.54) is 24.2 Å². The summed E-state index contributed by atoms with van der Waals surface area (Å²) in [4.78, 5) is 1.46. The highest BCUT2D eigenvalue weighted by Gasteiger charge is 2.08. The normalized spacial score (nSPS) is 18.3. The van der Waals surface area contributed by atoms with Crippen LogP contribution in [0.15, 0.2) is 22.7 Å². The lowest BCUT2D eigenvalue weighted by atomic mass is 10.0. The van der Waals surface area contributed by atoms with Crippen molar-refractivity contribution in [3.05, 3.63) is 22.7 Å². The van der Waals surface area contributed by atoms with Crippen LogP contribution >= 0.6 is 11.8 Å². The largest absolute Gasteiger partial charge is 0.366 e. The molecule has 0 aromatic heterocycles. The number of allylic oxidation sites excluding steroid dienone is 1. The average Bonchev–Trinajstić information content (AvgIpc) is 2.15. The van der Waals surface area contributed by atoms with Crippen LogP contribution in [-0.2, 0) is 0 Å². The fourth-order valence-electron chi connectivity index (χ4n) is 1.23. The first-order valence-electron chi connectivity index (χ1n) is 4.62. The van der Waals surface area contributed by atoms with Gasteiger partial charge in [0.25, 0.3) is 0 Å². The molecule has 0 saturated heterocycles. The molecule has 1 rings (SSSR count). The molecule has 1 unspecified atom stereocenters. The lowest BCUT2D eigenvalue weighted by molar-refractivity contribution is 0.589. The summed E-state index contributed by atoms with van der Waals surface area (Å²) in [5, 5.41) is 5.24. The van der Waals surface area contributed by atoms with Gasteiger partial charge in [-0.25, -0.2) is 0 Å². The van der Waals surface area contributed by atoms with Gasteiger partial charge in [0, 0.05) is 17.3 Å². The Hall–Kier alpha value is -0.370. The highest BCUT2D eigenvalue weighted by atomic mass is 32.2. The van der Waals surface area contributed by atoms with Gasteiger partial charge in [-0.05, 0) is 17.7 Å². The van der Waals surface area contributed by atoms with Crippen molar-refractivity contribution in [2.45, 2.75) is 33.1 Å². The van der Waals surface area contributed by atoms with E-state index < -0.39 is 0 Å². The number of hydrogen-bond acceptors (Lipinski definition) is 2. The lowest BCUT2D eigenvalue weighted by Gasteiger charge is -2.15. The molecule has 0 fully saturated rings. The van der Waals surface area contributed by atoms with Gasteiger partial charge in [-0.3, -0.25) is 0 Å². The van der Waals surface area contributed by atoms with Crippen molar-refractivity contribution in [1.29, 1.82) is 0 Å². The van der Waals surface area contributed by atoms with Crippen LogP contribution in [0.4, 0.5) is 0 Å². The molecule has 0 aliphatic carbocycles. The third-order valence-electron chi connectivity index (χ3n) is 2.07. The number of rotatable bonds is 4. The average molecular weight is 183 g/mol. The van der Waals surface area contributed by atoms with Crippen molar-refractivity contribution in [3.8, 4) is 0 Å². The minimum absolute atomic E-state index is 0.715. The summed E-state index contributed by atoms with van der Waals surface area (Å²) in [6.07, 6.45) is 8.03. The molecule has 0 spiro atoms. The molecule has 0 radical (unpaired) electrons. The Morgan fingerprint density at radius 3 is 3.00 bits per heavy atom. The maximum Gasteiger partial charge on any atom is 0.0107 e. The molecule has 0 saturated carbocycles. The van der Waals surface area contributed by atoms with Crippen LogP contribution < -0.4 is 5.32 Å². The summed E-state index contributed by atoms with van der Waals surface area (Å²) < 4.78 is 0. The van der Waals surface area contributed by atoms with E-state index >= 15 is 0 Å². The molecule has 1 nitrogen and oxygen atoms in total. The minimum atomic E-state index is 0.715. The molecule has 1 heterocycles. The summed E-state index contributed by atoms with van der Waals surface area (Å²) >= 11 is 1.84. The Morgan fingerprint density at radius 2 is 2.42 bits per heavy atom. The second kappa shape index (κ2) is 5.31. The zero-order valence-electron chi connectivity index (χ0n) is 7.84. The van der Waals surface area contributed by atoms with E-state index in [0.29, 0.717) is 5.92 Å². The lowest BCUT2D eigenvalue weighted by Crippen LogP contribution is -2.04. The van der Waals surface area contributed by atoms with Crippen molar-refractivity contribution >= 4 is 11.8 Å². The van der Waals surface area contributed by atoms with E-state index in [1.54, 1.807) is 0 Å². The van der Waals surface area contributed by atoms with Gasteiger partial charge in [-0.2, -0.15) is 0 Å². The molecule has 0 amide bonds. The van der Waals surface area contributed by atoms with E-state index in [2.05, 4.69) is 30.8 Å². The van der Waals surface area contributed by atoms with Crippen LogP contribution in [0.2, 0.25) is 0 Å². The zero-order chi connectivity index (χ0) is 8.81. The van der Waals surface area contributed by atoms with Gasteiger partial charge in [0.15, 0.2) is 0 Å². The standard InChI is InChI=1S/C10H17NS/c1-3-4-5-9(2)10-8-11-6-7-12-10/h6-9,11H,3-5H2,1-2H3. The highest BCUT2D eigenvalue weighted by Crippen LogP contribution is 2.29. The SMILES string of the molecule is CCCCC(C)C1=CNC=CS1. The van der Waals surface area contributed by atoms with Crippen molar-refractivity contribution in [3.63, 3.8) is 0 Å². The molecule has 68 valence electrons. The van der Waals surface area contributed by atoms with E-state index in [4.69, 9.17) is 0 Å². The number of unbranched alkanes of at least 4 members (excludes halogenated alkanes) is 1. The highest BCUT2D eigenvalue weighted by molar-refractivity contribution is 8.05.